The third-order valence-electron chi connectivity index (χ3n) is 3.61. The van der Waals surface area contributed by atoms with E-state index in [1.54, 1.807) is 6.07 Å². The zero-order chi connectivity index (χ0) is 12.5. The fraction of sp³-hybridized carbons (Fsp3) is 0.583. The molecule has 1 aromatic heterocycles. The Morgan fingerprint density at radius 3 is 2.76 bits per heavy atom. The van der Waals surface area contributed by atoms with Crippen molar-refractivity contribution in [1.29, 1.82) is 0 Å². The summed E-state index contributed by atoms with van der Waals surface area (Å²) in [6.07, 6.45) is 5.01. The fourth-order valence-electron chi connectivity index (χ4n) is 1.95. The van der Waals surface area contributed by atoms with Crippen LogP contribution < -0.4 is 5.32 Å². The highest BCUT2D eigenvalue weighted by atomic mass is 16.6. The predicted molar refractivity (Wildman–Crippen MR) is 66.1 cm³/mol. The van der Waals surface area contributed by atoms with Gasteiger partial charge in [0.05, 0.1) is 4.92 Å². The van der Waals surface area contributed by atoms with Gasteiger partial charge in [0, 0.05) is 12.6 Å². The second-order valence-corrected chi connectivity index (χ2v) is 4.82. The van der Waals surface area contributed by atoms with Gasteiger partial charge in [0.25, 0.3) is 5.69 Å². The first kappa shape index (κ1) is 11.8. The summed E-state index contributed by atoms with van der Waals surface area (Å²) in [5, 5.41) is 13.9. The van der Waals surface area contributed by atoms with E-state index in [4.69, 9.17) is 0 Å². The maximum Gasteiger partial charge on any atom is 0.287 e. The number of anilines is 1. The summed E-state index contributed by atoms with van der Waals surface area (Å²) >= 11 is 0. The van der Waals surface area contributed by atoms with Crippen molar-refractivity contribution in [2.24, 2.45) is 5.41 Å². The first-order valence-corrected chi connectivity index (χ1v) is 5.91. The summed E-state index contributed by atoms with van der Waals surface area (Å²) in [6.45, 7) is 4.95. The van der Waals surface area contributed by atoms with Crippen LogP contribution in [0.4, 0.5) is 11.5 Å². The van der Waals surface area contributed by atoms with E-state index in [1.165, 1.54) is 25.5 Å². The summed E-state index contributed by atoms with van der Waals surface area (Å²) in [6, 6.07) is 1.56. The Kier molecular flexibility index (Phi) is 3.00. The van der Waals surface area contributed by atoms with Gasteiger partial charge in [0.15, 0.2) is 0 Å². The molecule has 0 amide bonds. The minimum Gasteiger partial charge on any atom is -0.369 e. The molecule has 1 N–H and O–H groups in total. The number of aryl methyl sites for hydroxylation is 1. The smallest absolute Gasteiger partial charge is 0.287 e. The van der Waals surface area contributed by atoms with Crippen molar-refractivity contribution in [3.63, 3.8) is 0 Å². The highest BCUT2D eigenvalue weighted by Crippen LogP contribution is 2.48. The first-order valence-electron chi connectivity index (χ1n) is 5.91. The van der Waals surface area contributed by atoms with Gasteiger partial charge in [-0.1, -0.05) is 6.92 Å². The Morgan fingerprint density at radius 1 is 1.59 bits per heavy atom. The maximum atomic E-state index is 10.6. The van der Waals surface area contributed by atoms with Gasteiger partial charge in [-0.15, -0.1) is 0 Å². The third kappa shape index (κ3) is 2.54. The van der Waals surface area contributed by atoms with Crippen LogP contribution in [0.2, 0.25) is 0 Å². The van der Waals surface area contributed by atoms with Crippen molar-refractivity contribution in [1.82, 2.24) is 4.98 Å². The second-order valence-electron chi connectivity index (χ2n) is 4.82. The van der Waals surface area contributed by atoms with Crippen LogP contribution in [0.3, 0.4) is 0 Å². The quantitative estimate of drug-likeness (QED) is 0.629. The Hall–Kier alpha value is -1.65. The van der Waals surface area contributed by atoms with Gasteiger partial charge in [-0.05, 0) is 37.2 Å². The zero-order valence-electron chi connectivity index (χ0n) is 10.2. The van der Waals surface area contributed by atoms with Gasteiger partial charge in [0.1, 0.15) is 12.0 Å². The highest BCUT2D eigenvalue weighted by Gasteiger charge is 2.40. The molecular formula is C12H17N3O2. The van der Waals surface area contributed by atoms with Crippen molar-refractivity contribution >= 4 is 11.5 Å². The molecule has 1 heterocycles. The molecule has 0 bridgehead atoms. The molecule has 0 aromatic carbocycles. The lowest BCUT2D eigenvalue weighted by Gasteiger charge is -2.14. The van der Waals surface area contributed by atoms with Gasteiger partial charge in [-0.25, -0.2) is 4.98 Å². The summed E-state index contributed by atoms with van der Waals surface area (Å²) in [7, 11) is 0. The Labute approximate surface area is 100 Å². The summed E-state index contributed by atoms with van der Waals surface area (Å²) in [5.74, 6) is 0.760. The maximum absolute atomic E-state index is 10.6. The van der Waals surface area contributed by atoms with Crippen LogP contribution in [0.5, 0.6) is 0 Å². The minimum atomic E-state index is -0.418. The van der Waals surface area contributed by atoms with Crippen LogP contribution in [-0.4, -0.2) is 16.5 Å². The largest absolute Gasteiger partial charge is 0.369 e. The number of nitrogens with zero attached hydrogens (tertiary/aromatic N) is 2. The number of aromatic nitrogens is 1. The van der Waals surface area contributed by atoms with Gasteiger partial charge < -0.3 is 5.32 Å². The lowest BCUT2D eigenvalue weighted by atomic mass is 10.0. The minimum absolute atomic E-state index is 0.0460. The molecule has 1 saturated carbocycles. The van der Waals surface area contributed by atoms with Gasteiger partial charge in [-0.2, -0.15) is 0 Å². The van der Waals surface area contributed by atoms with Crippen LogP contribution in [0, 0.1) is 22.5 Å². The molecule has 0 saturated heterocycles. The molecule has 1 aliphatic carbocycles. The molecule has 2 rings (SSSR count). The number of hydrogen-bond donors (Lipinski definition) is 1. The number of nitrogens with one attached hydrogen (secondary N) is 1. The van der Waals surface area contributed by atoms with Gasteiger partial charge in [-0.3, -0.25) is 10.1 Å². The van der Waals surface area contributed by atoms with E-state index >= 15 is 0 Å². The number of rotatable bonds is 5. The molecule has 5 nitrogen and oxygen atoms in total. The first-order chi connectivity index (χ1) is 8.06. The van der Waals surface area contributed by atoms with Crippen LogP contribution in [0.25, 0.3) is 0 Å². The molecule has 0 atom stereocenters. The topological polar surface area (TPSA) is 68.1 Å². The number of pyridine rings is 1. The van der Waals surface area contributed by atoms with Crippen molar-refractivity contribution in [3.05, 3.63) is 27.9 Å². The monoisotopic (exact) mass is 235 g/mol. The molecule has 5 heteroatoms. The molecule has 0 radical (unpaired) electrons. The lowest BCUT2D eigenvalue weighted by molar-refractivity contribution is -0.385. The SMILES string of the molecule is CCC1(CNc2ncc([N+](=O)[O-])cc2C)CC1. The Balaban J connectivity index is 2.04. The molecule has 0 unspecified atom stereocenters. The summed E-state index contributed by atoms with van der Waals surface area (Å²) in [5.41, 5.74) is 1.31. The van der Waals surface area contributed by atoms with E-state index in [0.29, 0.717) is 5.41 Å². The lowest BCUT2D eigenvalue weighted by Crippen LogP contribution is -2.15. The van der Waals surface area contributed by atoms with Crippen molar-refractivity contribution in [3.8, 4) is 0 Å². The van der Waals surface area contributed by atoms with Crippen molar-refractivity contribution in [2.75, 3.05) is 11.9 Å². The molecule has 1 aromatic rings. The molecule has 1 aliphatic rings. The zero-order valence-corrected chi connectivity index (χ0v) is 10.2. The molecule has 0 aliphatic heterocycles. The normalized spacial score (nSPS) is 16.6. The van der Waals surface area contributed by atoms with E-state index in [0.717, 1.165) is 17.9 Å². The fourth-order valence-corrected chi connectivity index (χ4v) is 1.95. The van der Waals surface area contributed by atoms with Crippen LogP contribution in [0.1, 0.15) is 31.7 Å². The molecular weight excluding hydrogens is 218 g/mol. The van der Waals surface area contributed by atoms with Gasteiger partial charge >= 0.3 is 0 Å². The standard InChI is InChI=1S/C12H17N3O2/c1-3-12(4-5-12)8-14-11-9(2)6-10(7-13-11)15(16)17/h6-7H,3-5,8H2,1-2H3,(H,13,14). The van der Waals surface area contributed by atoms with E-state index < -0.39 is 4.92 Å². The van der Waals surface area contributed by atoms with E-state index in [-0.39, 0.29) is 5.69 Å². The van der Waals surface area contributed by atoms with Crippen LogP contribution >= 0.6 is 0 Å². The van der Waals surface area contributed by atoms with E-state index in [2.05, 4.69) is 17.2 Å². The molecule has 17 heavy (non-hydrogen) atoms. The van der Waals surface area contributed by atoms with Crippen molar-refractivity contribution < 1.29 is 4.92 Å². The van der Waals surface area contributed by atoms with E-state index in [1.807, 2.05) is 6.92 Å². The molecule has 1 fully saturated rings. The number of nitro groups is 1. The highest BCUT2D eigenvalue weighted by molar-refractivity contribution is 5.48. The third-order valence-corrected chi connectivity index (χ3v) is 3.61. The molecule has 92 valence electrons. The average molecular weight is 235 g/mol. The average Bonchev–Trinajstić information content (AvgIpc) is 3.08. The van der Waals surface area contributed by atoms with Gasteiger partial charge in [0.2, 0.25) is 0 Å². The number of hydrogen-bond acceptors (Lipinski definition) is 4. The molecule has 0 spiro atoms. The van der Waals surface area contributed by atoms with Crippen LogP contribution in [-0.2, 0) is 0 Å². The van der Waals surface area contributed by atoms with Crippen molar-refractivity contribution in [2.45, 2.75) is 33.1 Å². The summed E-state index contributed by atoms with van der Waals surface area (Å²) < 4.78 is 0. The Morgan fingerprint density at radius 2 is 2.29 bits per heavy atom. The van der Waals surface area contributed by atoms with Crippen LogP contribution in [0.15, 0.2) is 12.3 Å². The second kappa shape index (κ2) is 4.31. The Bertz CT molecular complexity index is 441. The predicted octanol–water partition coefficient (Wildman–Crippen LogP) is 2.90. The van der Waals surface area contributed by atoms with E-state index in [9.17, 15) is 10.1 Å². The summed E-state index contributed by atoms with van der Waals surface area (Å²) in [4.78, 5) is 14.3.